The fourth-order valence-electron chi connectivity index (χ4n) is 2.60. The Labute approximate surface area is 166 Å². The van der Waals surface area contributed by atoms with Crippen LogP contribution in [-0.4, -0.2) is 48.7 Å². The van der Waals surface area contributed by atoms with Crippen molar-refractivity contribution in [3.05, 3.63) is 60.9 Å². The van der Waals surface area contributed by atoms with Crippen LogP contribution in [0.4, 0.5) is 11.6 Å². The summed E-state index contributed by atoms with van der Waals surface area (Å²) in [5, 5.41) is 3.22. The zero-order chi connectivity index (χ0) is 19.8. The van der Waals surface area contributed by atoms with Crippen LogP contribution in [0.5, 0.6) is 11.5 Å². The molecule has 28 heavy (non-hydrogen) atoms. The van der Waals surface area contributed by atoms with E-state index >= 15 is 0 Å². The Balaban J connectivity index is 1.61. The van der Waals surface area contributed by atoms with E-state index in [9.17, 15) is 0 Å². The molecule has 1 N–H and O–H groups in total. The van der Waals surface area contributed by atoms with Gasteiger partial charge >= 0.3 is 0 Å². The van der Waals surface area contributed by atoms with E-state index < -0.39 is 0 Å². The number of rotatable bonds is 9. The quantitative estimate of drug-likeness (QED) is 0.601. The maximum absolute atomic E-state index is 5.82. The van der Waals surface area contributed by atoms with Crippen LogP contribution in [0.2, 0.25) is 0 Å². The molecule has 0 radical (unpaired) electrons. The molecule has 0 amide bonds. The zero-order valence-electron chi connectivity index (χ0n) is 16.6. The van der Waals surface area contributed by atoms with E-state index in [0.717, 1.165) is 41.4 Å². The largest absolute Gasteiger partial charge is 0.497 e. The van der Waals surface area contributed by atoms with Gasteiger partial charge in [0, 0.05) is 36.3 Å². The number of anilines is 2. The molecule has 6 nitrogen and oxygen atoms in total. The van der Waals surface area contributed by atoms with Gasteiger partial charge in [0.15, 0.2) is 0 Å². The number of benzene rings is 2. The summed E-state index contributed by atoms with van der Waals surface area (Å²) < 4.78 is 11.0. The maximum atomic E-state index is 5.82. The molecule has 6 heteroatoms. The Hall–Kier alpha value is -3.12. The highest BCUT2D eigenvalue weighted by atomic mass is 16.5. The second-order valence-electron chi connectivity index (χ2n) is 6.42. The van der Waals surface area contributed by atoms with E-state index in [1.165, 1.54) is 0 Å². The van der Waals surface area contributed by atoms with Crippen molar-refractivity contribution >= 4 is 11.6 Å². The Morgan fingerprint density at radius 2 is 1.71 bits per heavy atom. The summed E-state index contributed by atoms with van der Waals surface area (Å²) in [5.74, 6) is 2.19. The van der Waals surface area contributed by atoms with Crippen LogP contribution in [0.3, 0.4) is 0 Å². The van der Waals surface area contributed by atoms with Crippen LogP contribution in [0.1, 0.15) is 6.92 Å². The summed E-state index contributed by atoms with van der Waals surface area (Å²) >= 11 is 0. The summed E-state index contributed by atoms with van der Waals surface area (Å²) in [6, 6.07) is 15.6. The second kappa shape index (κ2) is 9.71. The second-order valence-corrected chi connectivity index (χ2v) is 6.42. The lowest BCUT2D eigenvalue weighted by Gasteiger charge is -2.14. The molecule has 1 heterocycles. The number of hydrogen-bond acceptors (Lipinski definition) is 6. The summed E-state index contributed by atoms with van der Waals surface area (Å²) in [5.41, 5.74) is 2.88. The predicted molar refractivity (Wildman–Crippen MR) is 112 cm³/mol. The summed E-state index contributed by atoms with van der Waals surface area (Å²) in [6.07, 6.45) is 3.61. The lowest BCUT2D eigenvalue weighted by Crippen LogP contribution is -2.23. The molecule has 0 spiro atoms. The average Bonchev–Trinajstić information content (AvgIpc) is 2.74. The zero-order valence-corrected chi connectivity index (χ0v) is 16.6. The van der Waals surface area contributed by atoms with E-state index in [2.05, 4.69) is 34.2 Å². The van der Waals surface area contributed by atoms with Gasteiger partial charge in [0.25, 0.3) is 0 Å². The van der Waals surface area contributed by atoms with Gasteiger partial charge in [-0.15, -0.1) is 0 Å². The Morgan fingerprint density at radius 1 is 0.964 bits per heavy atom. The van der Waals surface area contributed by atoms with Gasteiger partial charge in [-0.1, -0.05) is 25.1 Å². The van der Waals surface area contributed by atoms with Gasteiger partial charge in [-0.2, -0.15) is 0 Å². The fraction of sp³-hybridized carbons (Fsp3) is 0.273. The van der Waals surface area contributed by atoms with E-state index in [1.54, 1.807) is 19.5 Å². The number of aromatic nitrogens is 2. The smallest absolute Gasteiger partial charge is 0.227 e. The average molecular weight is 378 g/mol. The first-order valence-corrected chi connectivity index (χ1v) is 9.33. The van der Waals surface area contributed by atoms with Gasteiger partial charge in [-0.05, 0) is 43.4 Å². The minimum absolute atomic E-state index is 0.542. The highest BCUT2D eigenvalue weighted by Crippen LogP contribution is 2.23. The van der Waals surface area contributed by atoms with E-state index in [-0.39, 0.29) is 0 Å². The monoisotopic (exact) mass is 378 g/mol. The van der Waals surface area contributed by atoms with Crippen molar-refractivity contribution < 1.29 is 9.47 Å². The molecule has 0 saturated carbocycles. The Kier molecular flexibility index (Phi) is 6.81. The molecule has 0 atom stereocenters. The van der Waals surface area contributed by atoms with Gasteiger partial charge in [0.05, 0.1) is 7.11 Å². The highest BCUT2D eigenvalue weighted by molar-refractivity contribution is 5.64. The van der Waals surface area contributed by atoms with Gasteiger partial charge in [-0.25, -0.2) is 9.97 Å². The van der Waals surface area contributed by atoms with Crippen molar-refractivity contribution in [3.8, 4) is 22.6 Å². The first-order chi connectivity index (χ1) is 13.7. The van der Waals surface area contributed by atoms with Crippen LogP contribution >= 0.6 is 0 Å². The molecular formula is C22H26N4O2. The van der Waals surface area contributed by atoms with E-state index in [0.29, 0.717) is 12.6 Å². The third kappa shape index (κ3) is 5.44. The van der Waals surface area contributed by atoms with Crippen LogP contribution in [0.25, 0.3) is 11.1 Å². The number of nitrogens with one attached hydrogen (secondary N) is 1. The van der Waals surface area contributed by atoms with Gasteiger partial charge in [-0.3, -0.25) is 0 Å². The molecule has 2 aromatic carbocycles. The Bertz CT molecular complexity index is 866. The van der Waals surface area contributed by atoms with Gasteiger partial charge in [0.2, 0.25) is 5.95 Å². The molecule has 0 aliphatic carbocycles. The number of nitrogens with zero attached hydrogens (tertiary/aromatic N) is 3. The fourth-order valence-corrected chi connectivity index (χ4v) is 2.60. The summed E-state index contributed by atoms with van der Waals surface area (Å²) in [4.78, 5) is 11.0. The normalized spacial score (nSPS) is 10.7. The van der Waals surface area contributed by atoms with Crippen LogP contribution in [0.15, 0.2) is 60.9 Å². The van der Waals surface area contributed by atoms with Crippen LogP contribution < -0.4 is 14.8 Å². The molecular weight excluding hydrogens is 352 g/mol. The molecule has 0 aliphatic heterocycles. The highest BCUT2D eigenvalue weighted by Gasteiger charge is 2.03. The van der Waals surface area contributed by atoms with Crippen molar-refractivity contribution in [3.63, 3.8) is 0 Å². The molecule has 0 unspecified atom stereocenters. The van der Waals surface area contributed by atoms with E-state index in [1.807, 2.05) is 48.5 Å². The van der Waals surface area contributed by atoms with Crippen LogP contribution in [0, 0.1) is 0 Å². The lowest BCUT2D eigenvalue weighted by atomic mass is 10.1. The molecule has 0 saturated heterocycles. The number of likely N-dealkylation sites (N-methyl/N-ethyl adjacent to an activating group) is 1. The number of ether oxygens (including phenoxy) is 2. The van der Waals surface area contributed by atoms with Crippen molar-refractivity contribution in [2.24, 2.45) is 0 Å². The van der Waals surface area contributed by atoms with Gasteiger partial charge < -0.3 is 19.7 Å². The molecule has 1 aromatic heterocycles. The van der Waals surface area contributed by atoms with Crippen LogP contribution in [-0.2, 0) is 0 Å². The first-order valence-electron chi connectivity index (χ1n) is 9.33. The first kappa shape index (κ1) is 19.6. The van der Waals surface area contributed by atoms with Crippen molar-refractivity contribution in [2.45, 2.75) is 6.92 Å². The predicted octanol–water partition coefficient (Wildman–Crippen LogP) is 4.23. The topological polar surface area (TPSA) is 59.5 Å². The standard InChI is InChI=1S/C22H26N4O2/c1-4-26(2)12-13-28-21-7-5-6-19(14-21)25-22-23-15-18(16-24-22)17-8-10-20(27-3)11-9-17/h5-11,14-16H,4,12-13H2,1-3H3,(H,23,24,25). The van der Waals surface area contributed by atoms with Crippen molar-refractivity contribution in [2.75, 3.05) is 39.2 Å². The van der Waals surface area contributed by atoms with Crippen molar-refractivity contribution in [1.82, 2.24) is 14.9 Å². The molecule has 3 rings (SSSR count). The molecule has 146 valence electrons. The third-order valence-corrected chi connectivity index (χ3v) is 4.45. The minimum Gasteiger partial charge on any atom is -0.497 e. The molecule has 0 aliphatic rings. The maximum Gasteiger partial charge on any atom is 0.227 e. The molecule has 3 aromatic rings. The van der Waals surface area contributed by atoms with Crippen molar-refractivity contribution in [1.29, 1.82) is 0 Å². The third-order valence-electron chi connectivity index (χ3n) is 4.45. The molecule has 0 bridgehead atoms. The summed E-state index contributed by atoms with van der Waals surface area (Å²) in [6.45, 7) is 4.68. The van der Waals surface area contributed by atoms with E-state index in [4.69, 9.17) is 9.47 Å². The van der Waals surface area contributed by atoms with Gasteiger partial charge in [0.1, 0.15) is 18.1 Å². The summed E-state index contributed by atoms with van der Waals surface area (Å²) in [7, 11) is 3.73. The lowest BCUT2D eigenvalue weighted by molar-refractivity contribution is 0.244. The number of methoxy groups -OCH3 is 1. The minimum atomic E-state index is 0.542. The molecule has 0 fully saturated rings. The Morgan fingerprint density at radius 3 is 2.39 bits per heavy atom. The SMILES string of the molecule is CCN(C)CCOc1cccc(Nc2ncc(-c3ccc(OC)cc3)cn2)c1. The number of hydrogen-bond donors (Lipinski definition) is 1.